The monoisotopic (exact) mass is 237 g/mol. The Morgan fingerprint density at radius 2 is 1.88 bits per heavy atom. The lowest BCUT2D eigenvalue weighted by molar-refractivity contribution is -0.120. The Balaban J connectivity index is 2.49. The third-order valence-electron chi connectivity index (χ3n) is 1.89. The first-order valence-electron chi connectivity index (χ1n) is 5.13. The summed E-state index contributed by atoms with van der Waals surface area (Å²) in [7, 11) is 0. The van der Waals surface area contributed by atoms with E-state index < -0.39 is 5.91 Å². The lowest BCUT2D eigenvalue weighted by Crippen LogP contribution is -2.20. The van der Waals surface area contributed by atoms with Crippen LogP contribution in [0.15, 0.2) is 24.3 Å². The molecule has 0 unspecified atom stereocenters. The molecule has 0 fully saturated rings. The third kappa shape index (κ3) is 4.98. The molecule has 0 radical (unpaired) electrons. The van der Waals surface area contributed by atoms with Crippen molar-refractivity contribution in [1.29, 1.82) is 0 Å². The van der Waals surface area contributed by atoms with E-state index in [2.05, 4.69) is 5.32 Å². The lowest BCUT2D eigenvalue weighted by atomic mass is 10.3. The second kappa shape index (κ2) is 6.49. The van der Waals surface area contributed by atoms with Crippen LogP contribution < -0.4 is 21.5 Å². The molecule has 0 heterocycles. The Morgan fingerprint density at radius 3 is 2.41 bits per heavy atom. The zero-order chi connectivity index (χ0) is 12.7. The van der Waals surface area contributed by atoms with Gasteiger partial charge in [-0.05, 0) is 24.3 Å². The highest BCUT2D eigenvalue weighted by Crippen LogP contribution is 2.15. The lowest BCUT2D eigenvalue weighted by Gasteiger charge is -2.06. The molecular formula is C11H15N3O3. The van der Waals surface area contributed by atoms with Gasteiger partial charge in [0, 0.05) is 18.7 Å². The number of nitrogens with one attached hydrogen (secondary N) is 1. The molecule has 0 saturated heterocycles. The number of carbonyl (C=O) groups excluding carboxylic acids is 2. The highest BCUT2D eigenvalue weighted by molar-refractivity contribution is 5.90. The Kier molecular flexibility index (Phi) is 4.96. The van der Waals surface area contributed by atoms with Gasteiger partial charge in [-0.15, -0.1) is 0 Å². The zero-order valence-corrected chi connectivity index (χ0v) is 9.31. The minimum Gasteiger partial charge on any atom is -0.484 e. The van der Waals surface area contributed by atoms with Crippen molar-refractivity contribution in [3.63, 3.8) is 0 Å². The van der Waals surface area contributed by atoms with E-state index in [9.17, 15) is 9.59 Å². The molecule has 0 saturated carbocycles. The van der Waals surface area contributed by atoms with Crippen molar-refractivity contribution in [2.75, 3.05) is 18.5 Å². The molecule has 5 N–H and O–H groups in total. The second-order valence-electron chi connectivity index (χ2n) is 3.37. The number of amides is 2. The molecule has 0 aliphatic carbocycles. The van der Waals surface area contributed by atoms with E-state index in [4.69, 9.17) is 16.2 Å². The first-order valence-corrected chi connectivity index (χ1v) is 5.13. The third-order valence-corrected chi connectivity index (χ3v) is 1.89. The number of hydrogen-bond acceptors (Lipinski definition) is 4. The van der Waals surface area contributed by atoms with E-state index in [1.54, 1.807) is 24.3 Å². The van der Waals surface area contributed by atoms with Gasteiger partial charge in [0.1, 0.15) is 5.75 Å². The van der Waals surface area contributed by atoms with Gasteiger partial charge in [0.25, 0.3) is 5.91 Å². The van der Waals surface area contributed by atoms with Crippen molar-refractivity contribution in [2.24, 2.45) is 11.5 Å². The zero-order valence-electron chi connectivity index (χ0n) is 9.31. The fourth-order valence-corrected chi connectivity index (χ4v) is 1.14. The quantitative estimate of drug-likeness (QED) is 0.638. The smallest absolute Gasteiger partial charge is 0.255 e. The fourth-order valence-electron chi connectivity index (χ4n) is 1.14. The van der Waals surface area contributed by atoms with Gasteiger partial charge in [-0.1, -0.05) is 0 Å². The van der Waals surface area contributed by atoms with Crippen molar-refractivity contribution >= 4 is 17.5 Å². The van der Waals surface area contributed by atoms with E-state index in [-0.39, 0.29) is 18.9 Å². The van der Waals surface area contributed by atoms with E-state index in [0.29, 0.717) is 18.0 Å². The molecule has 1 aromatic carbocycles. The average molecular weight is 237 g/mol. The maximum Gasteiger partial charge on any atom is 0.255 e. The number of anilines is 1. The predicted octanol–water partition coefficient (Wildman–Crippen LogP) is -0.162. The summed E-state index contributed by atoms with van der Waals surface area (Å²) in [5.41, 5.74) is 10.8. The fraction of sp³-hybridized carbons (Fsp3) is 0.273. The van der Waals surface area contributed by atoms with Crippen LogP contribution in [-0.2, 0) is 9.59 Å². The molecule has 1 aromatic rings. The molecule has 92 valence electrons. The summed E-state index contributed by atoms with van der Waals surface area (Å²) in [5.74, 6) is -0.163. The molecule has 1 rings (SSSR count). The summed E-state index contributed by atoms with van der Waals surface area (Å²) in [6.07, 6.45) is 0.278. The minimum atomic E-state index is -0.537. The van der Waals surface area contributed by atoms with Crippen LogP contribution in [0.25, 0.3) is 0 Å². The Labute approximate surface area is 98.9 Å². The van der Waals surface area contributed by atoms with Gasteiger partial charge in [-0.25, -0.2) is 0 Å². The number of ether oxygens (including phenoxy) is 1. The minimum absolute atomic E-state index is 0.140. The van der Waals surface area contributed by atoms with Crippen molar-refractivity contribution in [2.45, 2.75) is 6.42 Å². The molecule has 0 atom stereocenters. The van der Waals surface area contributed by atoms with Crippen LogP contribution in [0.4, 0.5) is 5.69 Å². The van der Waals surface area contributed by atoms with Crippen LogP contribution in [0, 0.1) is 0 Å². The SMILES string of the molecule is NCCC(=O)Nc1ccc(OCC(N)=O)cc1. The average Bonchev–Trinajstić information content (AvgIpc) is 2.28. The predicted molar refractivity (Wildman–Crippen MR) is 63.4 cm³/mol. The number of carbonyl (C=O) groups is 2. The normalized spacial score (nSPS) is 9.71. The Bertz CT molecular complexity index is 389. The Hall–Kier alpha value is -2.08. The molecule has 6 nitrogen and oxygen atoms in total. The molecule has 0 spiro atoms. The van der Waals surface area contributed by atoms with Gasteiger partial charge in [-0.3, -0.25) is 9.59 Å². The molecule has 0 aliphatic rings. The Morgan fingerprint density at radius 1 is 1.24 bits per heavy atom. The number of benzene rings is 1. The summed E-state index contributed by atoms with van der Waals surface area (Å²) in [6, 6.07) is 6.62. The van der Waals surface area contributed by atoms with Gasteiger partial charge in [0.05, 0.1) is 0 Å². The van der Waals surface area contributed by atoms with Crippen molar-refractivity contribution in [3.8, 4) is 5.75 Å². The van der Waals surface area contributed by atoms with E-state index >= 15 is 0 Å². The van der Waals surface area contributed by atoms with Crippen LogP contribution >= 0.6 is 0 Å². The molecule has 0 aliphatic heterocycles. The molecule has 2 amide bonds. The summed E-state index contributed by atoms with van der Waals surface area (Å²) in [5, 5.41) is 2.67. The van der Waals surface area contributed by atoms with E-state index in [1.165, 1.54) is 0 Å². The molecular weight excluding hydrogens is 222 g/mol. The van der Waals surface area contributed by atoms with Crippen LogP contribution in [0.2, 0.25) is 0 Å². The summed E-state index contributed by atoms with van der Waals surface area (Å²) in [6.45, 7) is 0.143. The van der Waals surface area contributed by atoms with Crippen molar-refractivity contribution in [3.05, 3.63) is 24.3 Å². The van der Waals surface area contributed by atoms with Gasteiger partial charge >= 0.3 is 0 Å². The van der Waals surface area contributed by atoms with Crippen LogP contribution in [0.3, 0.4) is 0 Å². The first-order chi connectivity index (χ1) is 8.11. The summed E-state index contributed by atoms with van der Waals surface area (Å²) >= 11 is 0. The molecule has 0 bridgehead atoms. The first kappa shape index (κ1) is 13.0. The number of hydrogen-bond donors (Lipinski definition) is 3. The van der Waals surface area contributed by atoms with Crippen LogP contribution in [-0.4, -0.2) is 25.0 Å². The van der Waals surface area contributed by atoms with Gasteiger partial charge in [-0.2, -0.15) is 0 Å². The highest BCUT2D eigenvalue weighted by Gasteiger charge is 2.01. The van der Waals surface area contributed by atoms with Crippen molar-refractivity contribution < 1.29 is 14.3 Å². The highest BCUT2D eigenvalue weighted by atomic mass is 16.5. The van der Waals surface area contributed by atoms with Gasteiger partial charge < -0.3 is 21.5 Å². The standard InChI is InChI=1S/C11H15N3O3/c12-6-5-11(16)14-8-1-3-9(4-2-8)17-7-10(13)15/h1-4H,5-7,12H2,(H2,13,15)(H,14,16). The van der Waals surface area contributed by atoms with Crippen molar-refractivity contribution in [1.82, 2.24) is 0 Å². The maximum atomic E-state index is 11.2. The molecule has 6 heteroatoms. The summed E-state index contributed by atoms with van der Waals surface area (Å²) in [4.78, 5) is 21.7. The largest absolute Gasteiger partial charge is 0.484 e. The van der Waals surface area contributed by atoms with Gasteiger partial charge in [0.15, 0.2) is 6.61 Å². The molecule has 0 aromatic heterocycles. The maximum absolute atomic E-state index is 11.2. The van der Waals surface area contributed by atoms with E-state index in [0.717, 1.165) is 0 Å². The van der Waals surface area contributed by atoms with E-state index in [1.807, 2.05) is 0 Å². The number of rotatable bonds is 6. The van der Waals surface area contributed by atoms with Crippen LogP contribution in [0.1, 0.15) is 6.42 Å². The second-order valence-corrected chi connectivity index (χ2v) is 3.37. The summed E-state index contributed by atoms with van der Waals surface area (Å²) < 4.78 is 5.07. The van der Waals surface area contributed by atoms with Gasteiger partial charge in [0.2, 0.25) is 5.91 Å². The number of nitrogens with two attached hydrogens (primary N) is 2. The topological polar surface area (TPSA) is 107 Å². The number of primary amides is 1. The van der Waals surface area contributed by atoms with Crippen LogP contribution in [0.5, 0.6) is 5.75 Å². The molecule has 17 heavy (non-hydrogen) atoms.